The van der Waals surface area contributed by atoms with Crippen molar-refractivity contribution in [3.05, 3.63) is 121 Å². The molecule has 0 amide bonds. The standard InChI is InChI=1S/C27H22BrClN2O2Se/c1-33-27(32)24-23(16-9-18-5-3-2-4-6-18)34-26(31-22-14-12-21(29)13-15-22)25(24)30-17-19-7-10-20(28)11-8-19/h2-8,10-16,30H,9,17H2,1H3/b23-16-,31-26?. The van der Waals surface area contributed by atoms with E-state index < -0.39 is 0 Å². The summed E-state index contributed by atoms with van der Waals surface area (Å²) < 4.78 is 8.02. The first-order chi connectivity index (χ1) is 16.5. The number of hydrogen-bond acceptors (Lipinski definition) is 4. The van der Waals surface area contributed by atoms with Crippen LogP contribution in [0.25, 0.3) is 0 Å². The SMILES string of the molecule is COC(=O)C1=C(NCc2ccc(Br)cc2)C(=Nc2ccc(Cl)cc2)[Se]/C1=C\Cc1ccccc1. The first-order valence-electron chi connectivity index (χ1n) is 10.6. The third-order valence-electron chi connectivity index (χ3n) is 5.11. The number of nitrogens with one attached hydrogen (secondary N) is 1. The van der Waals surface area contributed by atoms with Crippen LogP contribution in [0.2, 0.25) is 5.02 Å². The van der Waals surface area contributed by atoms with E-state index in [1.54, 1.807) is 0 Å². The molecule has 0 aliphatic carbocycles. The van der Waals surface area contributed by atoms with E-state index in [1.165, 1.54) is 12.7 Å². The molecule has 4 nitrogen and oxygen atoms in total. The van der Waals surface area contributed by atoms with E-state index in [-0.39, 0.29) is 20.9 Å². The summed E-state index contributed by atoms with van der Waals surface area (Å²) in [5.41, 5.74) is 4.35. The van der Waals surface area contributed by atoms with Gasteiger partial charge in [-0.05, 0) is 0 Å². The van der Waals surface area contributed by atoms with E-state index in [2.05, 4.69) is 39.5 Å². The molecule has 1 heterocycles. The van der Waals surface area contributed by atoms with Gasteiger partial charge in [-0.1, -0.05) is 0 Å². The molecule has 0 saturated carbocycles. The first kappa shape index (κ1) is 24.5. The van der Waals surface area contributed by atoms with Gasteiger partial charge >= 0.3 is 220 Å². The zero-order valence-electron chi connectivity index (χ0n) is 18.4. The maximum atomic E-state index is 12.9. The second-order valence-corrected chi connectivity index (χ2v) is 11.0. The number of benzene rings is 3. The molecule has 1 aliphatic rings. The summed E-state index contributed by atoms with van der Waals surface area (Å²) >= 11 is 9.36. The maximum absolute atomic E-state index is 12.9. The van der Waals surface area contributed by atoms with Crippen molar-refractivity contribution in [2.45, 2.75) is 13.0 Å². The van der Waals surface area contributed by atoms with Gasteiger partial charge in [0.1, 0.15) is 0 Å². The van der Waals surface area contributed by atoms with Crippen molar-refractivity contribution < 1.29 is 9.53 Å². The van der Waals surface area contributed by atoms with Gasteiger partial charge in [0, 0.05) is 0 Å². The monoisotopic (exact) mass is 600 g/mol. The summed E-state index contributed by atoms with van der Waals surface area (Å²) in [5.74, 6) is -0.360. The van der Waals surface area contributed by atoms with E-state index in [0.717, 1.165) is 36.9 Å². The van der Waals surface area contributed by atoms with Gasteiger partial charge in [0.15, 0.2) is 0 Å². The predicted octanol–water partition coefficient (Wildman–Crippen LogP) is 6.19. The molecule has 7 heteroatoms. The van der Waals surface area contributed by atoms with Gasteiger partial charge < -0.3 is 0 Å². The molecule has 0 radical (unpaired) electrons. The molecule has 0 fully saturated rings. The summed E-state index contributed by atoms with van der Waals surface area (Å²) in [4.78, 5) is 17.8. The molecule has 3 aromatic rings. The van der Waals surface area contributed by atoms with Crippen molar-refractivity contribution in [3.63, 3.8) is 0 Å². The fourth-order valence-electron chi connectivity index (χ4n) is 3.38. The Morgan fingerprint density at radius 2 is 1.74 bits per heavy atom. The topological polar surface area (TPSA) is 50.7 Å². The zero-order valence-corrected chi connectivity index (χ0v) is 22.5. The van der Waals surface area contributed by atoms with Gasteiger partial charge in [-0.25, -0.2) is 0 Å². The van der Waals surface area contributed by atoms with Gasteiger partial charge in [-0.3, -0.25) is 0 Å². The van der Waals surface area contributed by atoms with Crippen molar-refractivity contribution in [1.82, 2.24) is 5.32 Å². The minimum atomic E-state index is -0.360. The normalized spacial score (nSPS) is 15.7. The van der Waals surface area contributed by atoms with Crippen LogP contribution in [-0.4, -0.2) is 32.6 Å². The van der Waals surface area contributed by atoms with Crippen LogP contribution in [0.15, 0.2) is 110 Å². The van der Waals surface area contributed by atoms with Crippen LogP contribution in [0.5, 0.6) is 0 Å². The summed E-state index contributed by atoms with van der Waals surface area (Å²) in [7, 11) is 1.41. The quantitative estimate of drug-likeness (QED) is 0.260. The van der Waals surface area contributed by atoms with Gasteiger partial charge in [0.25, 0.3) is 0 Å². The zero-order chi connectivity index (χ0) is 23.9. The molecule has 1 N–H and O–H groups in total. The summed E-state index contributed by atoms with van der Waals surface area (Å²) in [5, 5.41) is 4.13. The Kier molecular flexibility index (Phi) is 8.41. The number of hydrogen-bond donors (Lipinski definition) is 1. The predicted molar refractivity (Wildman–Crippen MR) is 143 cm³/mol. The third kappa shape index (κ3) is 6.28. The van der Waals surface area contributed by atoms with Gasteiger partial charge in [-0.15, -0.1) is 0 Å². The number of aliphatic imine (C=N–C) groups is 1. The fourth-order valence-corrected chi connectivity index (χ4v) is 6.05. The number of carbonyl (C=O) groups excluding carboxylic acids is 1. The van der Waals surface area contributed by atoms with Gasteiger partial charge in [-0.2, -0.15) is 0 Å². The van der Waals surface area contributed by atoms with Gasteiger partial charge in [0.05, 0.1) is 0 Å². The number of ether oxygens (including phenoxy) is 1. The molecule has 4 rings (SSSR count). The van der Waals surface area contributed by atoms with Crippen LogP contribution in [0.3, 0.4) is 0 Å². The Morgan fingerprint density at radius 1 is 1.03 bits per heavy atom. The van der Waals surface area contributed by atoms with E-state index in [4.69, 9.17) is 21.3 Å². The number of allylic oxidation sites excluding steroid dienone is 2. The van der Waals surface area contributed by atoms with E-state index in [1.807, 2.05) is 66.7 Å². The average Bonchev–Trinajstić information content (AvgIpc) is 3.20. The van der Waals surface area contributed by atoms with Crippen LogP contribution in [-0.2, 0) is 22.5 Å². The van der Waals surface area contributed by atoms with Crippen molar-refractivity contribution in [2.24, 2.45) is 4.99 Å². The van der Waals surface area contributed by atoms with Gasteiger partial charge in [0.2, 0.25) is 0 Å². The number of nitrogens with zero attached hydrogens (tertiary/aromatic N) is 1. The van der Waals surface area contributed by atoms with E-state index in [0.29, 0.717) is 17.1 Å². The number of esters is 1. The molecule has 0 bridgehead atoms. The summed E-state index contributed by atoms with van der Waals surface area (Å²) in [6.45, 7) is 0.560. The number of rotatable bonds is 7. The van der Waals surface area contributed by atoms with E-state index in [9.17, 15) is 4.79 Å². The number of methoxy groups -OCH3 is 1. The number of halogens is 2. The number of carbonyl (C=O) groups is 1. The second-order valence-electron chi connectivity index (χ2n) is 7.48. The van der Waals surface area contributed by atoms with Crippen LogP contribution in [0.1, 0.15) is 11.1 Å². The van der Waals surface area contributed by atoms with E-state index >= 15 is 0 Å². The fraction of sp³-hybridized carbons (Fsp3) is 0.111. The Hall–Kier alpha value is -2.63. The molecule has 34 heavy (non-hydrogen) atoms. The minimum absolute atomic E-state index is 0.167. The average molecular weight is 601 g/mol. The molecule has 1 aliphatic heterocycles. The van der Waals surface area contributed by atoms with Crippen molar-refractivity contribution in [3.8, 4) is 0 Å². The summed E-state index contributed by atoms with van der Waals surface area (Å²) in [6.07, 6.45) is 2.85. The molecular formula is C27H22BrClN2O2Se. The van der Waals surface area contributed by atoms with Crippen LogP contribution >= 0.6 is 27.5 Å². The van der Waals surface area contributed by atoms with Crippen molar-refractivity contribution in [1.29, 1.82) is 0 Å². The Bertz CT molecular complexity index is 1250. The van der Waals surface area contributed by atoms with Crippen LogP contribution in [0.4, 0.5) is 5.69 Å². The molecule has 3 aromatic carbocycles. The molecule has 0 spiro atoms. The molecule has 0 saturated heterocycles. The van der Waals surface area contributed by atoms with Crippen molar-refractivity contribution >= 4 is 58.8 Å². The molecule has 0 unspecified atom stereocenters. The molecule has 0 aromatic heterocycles. The van der Waals surface area contributed by atoms with Crippen LogP contribution < -0.4 is 5.32 Å². The first-order valence-corrected chi connectivity index (χ1v) is 13.5. The van der Waals surface area contributed by atoms with Crippen molar-refractivity contribution in [2.75, 3.05) is 7.11 Å². The Balaban J connectivity index is 1.72. The Labute approximate surface area is 219 Å². The van der Waals surface area contributed by atoms with Crippen LogP contribution in [0, 0.1) is 0 Å². The second kappa shape index (κ2) is 11.7. The summed E-state index contributed by atoms with van der Waals surface area (Å²) in [6, 6.07) is 25.6. The Morgan fingerprint density at radius 3 is 2.41 bits per heavy atom. The third-order valence-corrected chi connectivity index (χ3v) is 8.16. The molecule has 0 atom stereocenters. The molecule has 172 valence electrons. The molecular weight excluding hydrogens is 579 g/mol.